The van der Waals surface area contributed by atoms with Gasteiger partial charge in [0.1, 0.15) is 5.41 Å². The Balaban J connectivity index is 1.72. The van der Waals surface area contributed by atoms with Gasteiger partial charge in [-0.2, -0.15) is 0 Å². The first-order chi connectivity index (χ1) is 18.9. The van der Waals surface area contributed by atoms with E-state index in [0.29, 0.717) is 16.5 Å². The molecule has 0 fully saturated rings. The number of benzene rings is 3. The van der Waals surface area contributed by atoms with Gasteiger partial charge in [0.05, 0.1) is 22.1 Å². The molecule has 4 aromatic rings. The second kappa shape index (κ2) is 9.78. The number of para-hydroxylation sites is 2. The number of carbonyl (C=O) groups excluding carboxylic acids is 2. The molecule has 0 radical (unpaired) electrons. The maximum Gasteiger partial charge on any atom is 0.316 e. The lowest BCUT2D eigenvalue weighted by Crippen LogP contribution is -2.39. The van der Waals surface area contributed by atoms with Gasteiger partial charge in [-0.25, -0.2) is 12.4 Å². The number of amides is 1. The molecule has 0 N–H and O–H groups in total. The zero-order valence-electron chi connectivity index (χ0n) is 23.2. The van der Waals surface area contributed by atoms with E-state index in [1.54, 1.807) is 81.4 Å². The van der Waals surface area contributed by atoms with Crippen molar-refractivity contribution >= 4 is 38.5 Å². The van der Waals surface area contributed by atoms with Crippen molar-refractivity contribution in [3.05, 3.63) is 108 Å². The first-order valence-electron chi connectivity index (χ1n) is 13.1. The van der Waals surface area contributed by atoms with Crippen LogP contribution in [0.25, 0.3) is 10.9 Å². The first-order valence-corrected chi connectivity index (χ1v) is 14.5. The van der Waals surface area contributed by atoms with Crippen molar-refractivity contribution in [1.82, 2.24) is 3.97 Å². The SMILES string of the molecule is Cc1ccc(S(=O)(=O)n2cc(C3(C/C=C/OC(=O)C(C)(C)C)C(=O)N(C)c4ccccc43)c3ccccc32)cc1. The molecule has 1 aromatic heterocycles. The Kier molecular flexibility index (Phi) is 6.70. The van der Waals surface area contributed by atoms with Crippen LogP contribution in [0.5, 0.6) is 0 Å². The van der Waals surface area contributed by atoms with E-state index in [1.165, 1.54) is 10.2 Å². The van der Waals surface area contributed by atoms with E-state index in [1.807, 2.05) is 43.3 Å². The maximum atomic E-state index is 14.2. The van der Waals surface area contributed by atoms with E-state index in [2.05, 4.69) is 0 Å². The Bertz CT molecular complexity index is 1760. The first kappa shape index (κ1) is 27.4. The Hall–Kier alpha value is -4.17. The number of allylic oxidation sites excluding steroid dienone is 1. The Morgan fingerprint density at radius 2 is 1.60 bits per heavy atom. The van der Waals surface area contributed by atoms with Crippen molar-refractivity contribution in [2.24, 2.45) is 5.41 Å². The van der Waals surface area contributed by atoms with Crippen LogP contribution >= 0.6 is 0 Å². The minimum Gasteiger partial charge on any atom is -0.434 e. The molecular weight excluding hydrogens is 524 g/mol. The highest BCUT2D eigenvalue weighted by atomic mass is 32.2. The van der Waals surface area contributed by atoms with Gasteiger partial charge in [-0.05, 0) is 75.6 Å². The van der Waals surface area contributed by atoms with Crippen LogP contribution in [0.3, 0.4) is 0 Å². The summed E-state index contributed by atoms with van der Waals surface area (Å²) in [4.78, 5) is 28.3. The van der Waals surface area contributed by atoms with Crippen molar-refractivity contribution < 1.29 is 22.7 Å². The highest BCUT2D eigenvalue weighted by Crippen LogP contribution is 2.50. The lowest BCUT2D eigenvalue weighted by Gasteiger charge is -2.27. The van der Waals surface area contributed by atoms with Crippen LogP contribution in [0, 0.1) is 12.3 Å². The molecular formula is C32H32N2O5S. The maximum absolute atomic E-state index is 14.2. The molecule has 0 spiro atoms. The molecule has 7 nitrogen and oxygen atoms in total. The topological polar surface area (TPSA) is 85.7 Å². The molecule has 0 saturated heterocycles. The number of rotatable bonds is 6. The number of anilines is 1. The minimum absolute atomic E-state index is 0.156. The summed E-state index contributed by atoms with van der Waals surface area (Å²) in [6.45, 7) is 7.19. The number of esters is 1. The summed E-state index contributed by atoms with van der Waals surface area (Å²) < 4.78 is 34.4. The largest absolute Gasteiger partial charge is 0.434 e. The number of aromatic nitrogens is 1. The zero-order valence-corrected chi connectivity index (χ0v) is 24.0. The third-order valence-corrected chi connectivity index (χ3v) is 9.11. The summed E-state index contributed by atoms with van der Waals surface area (Å²) in [5.74, 6) is -0.593. The van der Waals surface area contributed by atoms with Gasteiger partial charge in [0, 0.05) is 24.3 Å². The van der Waals surface area contributed by atoms with E-state index >= 15 is 0 Å². The summed E-state index contributed by atoms with van der Waals surface area (Å²) >= 11 is 0. The smallest absolute Gasteiger partial charge is 0.316 e. The molecule has 1 aliphatic rings. The molecule has 40 heavy (non-hydrogen) atoms. The Morgan fingerprint density at radius 3 is 2.30 bits per heavy atom. The predicted molar refractivity (Wildman–Crippen MR) is 156 cm³/mol. The van der Waals surface area contributed by atoms with Crippen LogP contribution < -0.4 is 4.90 Å². The van der Waals surface area contributed by atoms with Crippen LogP contribution in [-0.4, -0.2) is 31.3 Å². The van der Waals surface area contributed by atoms with E-state index in [-0.39, 0.29) is 17.2 Å². The van der Waals surface area contributed by atoms with E-state index in [9.17, 15) is 18.0 Å². The fourth-order valence-corrected chi connectivity index (χ4v) is 6.60. The van der Waals surface area contributed by atoms with E-state index < -0.39 is 26.8 Å². The van der Waals surface area contributed by atoms with Gasteiger partial charge in [0.2, 0.25) is 5.91 Å². The number of ether oxygens (including phenoxy) is 1. The number of nitrogens with zero attached hydrogens (tertiary/aromatic N) is 2. The molecule has 206 valence electrons. The molecule has 2 heterocycles. The van der Waals surface area contributed by atoms with Crippen molar-refractivity contribution in [3.8, 4) is 0 Å². The summed E-state index contributed by atoms with van der Waals surface area (Å²) in [7, 11) is -2.26. The lowest BCUT2D eigenvalue weighted by atomic mass is 9.72. The fourth-order valence-electron chi connectivity index (χ4n) is 5.23. The number of likely N-dealkylation sites (N-methyl/N-ethyl adjacent to an activating group) is 1. The number of hydrogen-bond donors (Lipinski definition) is 0. The molecule has 0 bridgehead atoms. The fraction of sp³-hybridized carbons (Fsp3) is 0.250. The highest BCUT2D eigenvalue weighted by Gasteiger charge is 2.51. The van der Waals surface area contributed by atoms with Crippen molar-refractivity contribution in [3.63, 3.8) is 0 Å². The molecule has 1 atom stereocenters. The molecule has 0 saturated carbocycles. The van der Waals surface area contributed by atoms with Gasteiger partial charge in [0.25, 0.3) is 10.0 Å². The second-order valence-corrected chi connectivity index (χ2v) is 13.0. The van der Waals surface area contributed by atoms with Crippen LogP contribution in [0.4, 0.5) is 5.69 Å². The molecule has 1 amide bonds. The molecule has 5 rings (SSSR count). The van der Waals surface area contributed by atoms with Gasteiger partial charge < -0.3 is 9.64 Å². The average molecular weight is 557 g/mol. The second-order valence-electron chi connectivity index (χ2n) is 11.2. The number of hydrogen-bond acceptors (Lipinski definition) is 5. The summed E-state index contributed by atoms with van der Waals surface area (Å²) in [6.07, 6.45) is 4.72. The number of fused-ring (bicyclic) bond motifs is 2. The Labute approximate surface area is 234 Å². The average Bonchev–Trinajstić information content (AvgIpc) is 3.42. The van der Waals surface area contributed by atoms with Gasteiger partial charge in [-0.15, -0.1) is 0 Å². The van der Waals surface area contributed by atoms with Crippen molar-refractivity contribution in [1.29, 1.82) is 0 Å². The summed E-state index contributed by atoms with van der Waals surface area (Å²) in [5.41, 5.74) is 1.55. The van der Waals surface area contributed by atoms with E-state index in [4.69, 9.17) is 4.74 Å². The van der Waals surface area contributed by atoms with E-state index in [0.717, 1.165) is 16.8 Å². The summed E-state index contributed by atoms with van der Waals surface area (Å²) in [5, 5.41) is 0.650. The predicted octanol–water partition coefficient (Wildman–Crippen LogP) is 5.94. The quantitative estimate of drug-likeness (QED) is 0.217. The third-order valence-electron chi connectivity index (χ3n) is 7.42. The van der Waals surface area contributed by atoms with Gasteiger partial charge in [-0.3, -0.25) is 9.59 Å². The third kappa shape index (κ3) is 4.32. The highest BCUT2D eigenvalue weighted by molar-refractivity contribution is 7.90. The van der Waals surface area contributed by atoms with Crippen LogP contribution in [0.15, 0.2) is 96.2 Å². The van der Waals surface area contributed by atoms with Gasteiger partial charge in [0.15, 0.2) is 0 Å². The van der Waals surface area contributed by atoms with Crippen LogP contribution in [-0.2, 0) is 29.8 Å². The number of carbonyl (C=O) groups is 2. The van der Waals surface area contributed by atoms with Gasteiger partial charge in [-0.1, -0.05) is 54.1 Å². The van der Waals surface area contributed by atoms with Crippen LogP contribution in [0.1, 0.15) is 43.9 Å². The lowest BCUT2D eigenvalue weighted by molar-refractivity contribution is -0.146. The summed E-state index contributed by atoms with van der Waals surface area (Å²) in [6, 6.07) is 21.4. The molecule has 1 unspecified atom stereocenters. The Morgan fingerprint density at radius 1 is 0.950 bits per heavy atom. The van der Waals surface area contributed by atoms with Crippen molar-refractivity contribution in [2.45, 2.75) is 44.4 Å². The monoisotopic (exact) mass is 556 g/mol. The van der Waals surface area contributed by atoms with Gasteiger partial charge >= 0.3 is 5.97 Å². The van der Waals surface area contributed by atoms with Crippen molar-refractivity contribution in [2.75, 3.05) is 11.9 Å². The number of aryl methyl sites for hydroxylation is 1. The molecule has 1 aliphatic heterocycles. The zero-order chi connectivity index (χ0) is 28.9. The standard InChI is InChI=1S/C32H32N2O5S/c1-22-15-17-23(18-16-22)40(37,38)34-21-26(24-11-6-8-13-27(24)34)32(19-10-20-39-30(36)31(2,3)4)25-12-7-9-14-28(25)33(5)29(32)35/h6-18,20-21H,19H2,1-5H3/b20-10+. The molecule has 0 aliphatic carbocycles. The minimum atomic E-state index is -3.97. The molecule has 3 aromatic carbocycles. The van der Waals surface area contributed by atoms with Crippen LogP contribution in [0.2, 0.25) is 0 Å². The normalized spacial score (nSPS) is 17.5. The molecule has 8 heteroatoms.